The summed E-state index contributed by atoms with van der Waals surface area (Å²) < 4.78 is 5.29. The Bertz CT molecular complexity index is 266. The smallest absolute Gasteiger partial charge is 0.223 e. The predicted molar refractivity (Wildman–Crippen MR) is 63.6 cm³/mol. The highest BCUT2D eigenvalue weighted by Crippen LogP contribution is 2.24. The Balaban J connectivity index is 1.79. The topological polar surface area (TPSA) is 53.0 Å². The van der Waals surface area contributed by atoms with Crippen molar-refractivity contribution < 1.29 is 14.6 Å². The van der Waals surface area contributed by atoms with Gasteiger partial charge in [-0.2, -0.15) is 0 Å². The first-order valence-corrected chi connectivity index (χ1v) is 6.43. The quantitative estimate of drug-likeness (QED) is 0.725. The summed E-state index contributed by atoms with van der Waals surface area (Å²) in [5.74, 6) is 0.303. The number of amides is 1. The van der Waals surface area contributed by atoms with Crippen molar-refractivity contribution in [2.45, 2.75) is 19.4 Å². The van der Waals surface area contributed by atoms with Gasteiger partial charge in [0.1, 0.15) is 0 Å². The van der Waals surface area contributed by atoms with Gasteiger partial charge in [0, 0.05) is 51.2 Å². The highest BCUT2D eigenvalue weighted by Gasteiger charge is 2.35. The first-order chi connectivity index (χ1) is 8.22. The van der Waals surface area contributed by atoms with E-state index in [9.17, 15) is 9.90 Å². The summed E-state index contributed by atoms with van der Waals surface area (Å²) in [4.78, 5) is 16.0. The average Bonchev–Trinajstić information content (AvgIpc) is 2.63. The highest BCUT2D eigenvalue weighted by molar-refractivity contribution is 5.79. The number of aliphatic hydroxyl groups excluding tert-OH is 1. The molecule has 2 rings (SSSR count). The number of aliphatic hydroxyl groups is 1. The fraction of sp³-hybridized carbons (Fsp3) is 0.917. The van der Waals surface area contributed by atoms with Gasteiger partial charge in [0.25, 0.3) is 0 Å². The fourth-order valence-corrected chi connectivity index (χ4v) is 2.61. The molecule has 0 saturated carbocycles. The van der Waals surface area contributed by atoms with Crippen LogP contribution in [0.3, 0.4) is 0 Å². The van der Waals surface area contributed by atoms with Crippen molar-refractivity contribution in [3.8, 4) is 0 Å². The van der Waals surface area contributed by atoms with Gasteiger partial charge in [-0.25, -0.2) is 0 Å². The number of carbonyl (C=O) groups excluding carboxylic acids is 1. The molecule has 0 bridgehead atoms. The van der Waals surface area contributed by atoms with Crippen molar-refractivity contribution in [2.24, 2.45) is 5.92 Å². The molecule has 2 aliphatic rings. The van der Waals surface area contributed by atoms with Gasteiger partial charge in [-0.15, -0.1) is 0 Å². The number of hydrogen-bond donors (Lipinski definition) is 1. The Hall–Kier alpha value is -0.650. The van der Waals surface area contributed by atoms with E-state index in [-0.39, 0.29) is 24.5 Å². The second-order valence-electron chi connectivity index (χ2n) is 4.93. The minimum atomic E-state index is 0.112. The van der Waals surface area contributed by atoms with Crippen LogP contribution in [0.1, 0.15) is 13.3 Å². The number of morpholine rings is 1. The standard InChI is InChI=1S/C12H22N2O3/c1-10-11(9-15)8-12(16)14(10)3-2-13-4-6-17-7-5-13/h10-11,15H,2-9H2,1H3. The van der Waals surface area contributed by atoms with E-state index >= 15 is 0 Å². The van der Waals surface area contributed by atoms with Gasteiger partial charge in [-0.1, -0.05) is 0 Å². The first kappa shape index (κ1) is 12.8. The molecule has 0 aromatic carbocycles. The minimum Gasteiger partial charge on any atom is -0.396 e. The van der Waals surface area contributed by atoms with Gasteiger partial charge in [0.15, 0.2) is 0 Å². The van der Waals surface area contributed by atoms with Crippen LogP contribution in [0.5, 0.6) is 0 Å². The van der Waals surface area contributed by atoms with Gasteiger partial charge >= 0.3 is 0 Å². The lowest BCUT2D eigenvalue weighted by atomic mass is 10.0. The average molecular weight is 242 g/mol. The van der Waals surface area contributed by atoms with Crippen LogP contribution in [0, 0.1) is 5.92 Å². The highest BCUT2D eigenvalue weighted by atomic mass is 16.5. The molecule has 1 N–H and O–H groups in total. The van der Waals surface area contributed by atoms with E-state index in [0.717, 1.165) is 39.4 Å². The van der Waals surface area contributed by atoms with E-state index in [1.807, 2.05) is 11.8 Å². The molecule has 2 unspecified atom stereocenters. The molecule has 2 aliphatic heterocycles. The maximum atomic E-state index is 11.8. The van der Waals surface area contributed by atoms with Crippen LogP contribution in [0.4, 0.5) is 0 Å². The van der Waals surface area contributed by atoms with Crippen molar-refractivity contribution >= 4 is 5.91 Å². The van der Waals surface area contributed by atoms with Gasteiger partial charge in [0.2, 0.25) is 5.91 Å². The van der Waals surface area contributed by atoms with E-state index in [0.29, 0.717) is 6.42 Å². The summed E-state index contributed by atoms with van der Waals surface area (Å²) in [5.41, 5.74) is 0. The third kappa shape index (κ3) is 2.97. The third-order valence-electron chi connectivity index (χ3n) is 3.93. The van der Waals surface area contributed by atoms with Gasteiger partial charge in [-0.3, -0.25) is 9.69 Å². The van der Waals surface area contributed by atoms with E-state index in [2.05, 4.69) is 4.90 Å². The summed E-state index contributed by atoms with van der Waals surface area (Å²) in [6.07, 6.45) is 0.501. The second kappa shape index (κ2) is 5.80. The molecule has 0 radical (unpaired) electrons. The monoisotopic (exact) mass is 242 g/mol. The Morgan fingerprint density at radius 1 is 1.35 bits per heavy atom. The van der Waals surface area contributed by atoms with Gasteiger partial charge in [-0.05, 0) is 6.92 Å². The van der Waals surface area contributed by atoms with Crippen LogP contribution < -0.4 is 0 Å². The summed E-state index contributed by atoms with van der Waals surface area (Å²) in [7, 11) is 0. The molecule has 2 fully saturated rings. The normalized spacial score (nSPS) is 31.2. The molecule has 0 aromatic heterocycles. The molecule has 0 aromatic rings. The molecule has 17 heavy (non-hydrogen) atoms. The minimum absolute atomic E-state index is 0.112. The predicted octanol–water partition coefficient (Wildman–Crippen LogP) is -0.452. The lowest BCUT2D eigenvalue weighted by Gasteiger charge is -2.30. The molecular weight excluding hydrogens is 220 g/mol. The maximum absolute atomic E-state index is 11.8. The lowest BCUT2D eigenvalue weighted by Crippen LogP contribution is -2.43. The van der Waals surface area contributed by atoms with Gasteiger partial charge < -0.3 is 14.7 Å². The third-order valence-corrected chi connectivity index (χ3v) is 3.93. The molecule has 0 aliphatic carbocycles. The van der Waals surface area contributed by atoms with E-state index < -0.39 is 0 Å². The summed E-state index contributed by atoms with van der Waals surface area (Å²) in [5, 5.41) is 9.18. The second-order valence-corrected chi connectivity index (χ2v) is 4.93. The van der Waals surface area contributed by atoms with Crippen LogP contribution in [0.15, 0.2) is 0 Å². The molecule has 5 heteroatoms. The van der Waals surface area contributed by atoms with E-state index in [4.69, 9.17) is 4.74 Å². The number of likely N-dealkylation sites (tertiary alicyclic amines) is 1. The fourth-order valence-electron chi connectivity index (χ4n) is 2.61. The van der Waals surface area contributed by atoms with Crippen LogP contribution >= 0.6 is 0 Å². The van der Waals surface area contributed by atoms with Crippen molar-refractivity contribution in [1.82, 2.24) is 9.80 Å². The molecule has 2 atom stereocenters. The SMILES string of the molecule is CC1C(CO)CC(=O)N1CCN1CCOCC1. The number of ether oxygens (including phenoxy) is 1. The number of rotatable bonds is 4. The zero-order valence-electron chi connectivity index (χ0n) is 10.5. The number of hydrogen-bond acceptors (Lipinski definition) is 4. The largest absolute Gasteiger partial charge is 0.396 e. The molecular formula is C12H22N2O3. The molecule has 2 saturated heterocycles. The molecule has 1 amide bonds. The van der Waals surface area contributed by atoms with Crippen molar-refractivity contribution in [1.29, 1.82) is 0 Å². The molecule has 5 nitrogen and oxygen atoms in total. The summed E-state index contributed by atoms with van der Waals surface area (Å²) in [6.45, 7) is 7.34. The van der Waals surface area contributed by atoms with E-state index in [1.54, 1.807) is 0 Å². The Labute approximate surface area is 102 Å². The Morgan fingerprint density at radius 3 is 2.65 bits per heavy atom. The molecule has 98 valence electrons. The summed E-state index contributed by atoms with van der Waals surface area (Å²) in [6, 6.07) is 0.175. The lowest BCUT2D eigenvalue weighted by molar-refractivity contribution is -0.129. The van der Waals surface area contributed by atoms with Crippen LogP contribution in [0.2, 0.25) is 0 Å². The van der Waals surface area contributed by atoms with E-state index in [1.165, 1.54) is 0 Å². The van der Waals surface area contributed by atoms with Crippen LogP contribution in [-0.4, -0.2) is 72.9 Å². The van der Waals surface area contributed by atoms with Crippen molar-refractivity contribution in [3.63, 3.8) is 0 Å². The maximum Gasteiger partial charge on any atom is 0.223 e. The summed E-state index contributed by atoms with van der Waals surface area (Å²) >= 11 is 0. The zero-order valence-corrected chi connectivity index (χ0v) is 10.5. The molecule has 0 spiro atoms. The van der Waals surface area contributed by atoms with Crippen LogP contribution in [0.25, 0.3) is 0 Å². The number of carbonyl (C=O) groups is 1. The van der Waals surface area contributed by atoms with Crippen molar-refractivity contribution in [2.75, 3.05) is 46.0 Å². The Morgan fingerprint density at radius 2 is 2.06 bits per heavy atom. The van der Waals surface area contributed by atoms with Crippen LogP contribution in [-0.2, 0) is 9.53 Å². The Kier molecular flexibility index (Phi) is 4.36. The number of nitrogens with zero attached hydrogens (tertiary/aromatic N) is 2. The van der Waals surface area contributed by atoms with Crippen molar-refractivity contribution in [3.05, 3.63) is 0 Å². The van der Waals surface area contributed by atoms with Gasteiger partial charge in [0.05, 0.1) is 13.2 Å². The molecule has 2 heterocycles. The first-order valence-electron chi connectivity index (χ1n) is 6.43. The zero-order chi connectivity index (χ0) is 12.3.